The molecular weight excluding hydrogens is 408 g/mol. The van der Waals surface area contributed by atoms with Gasteiger partial charge in [0.15, 0.2) is 0 Å². The minimum absolute atomic E-state index is 0.0516. The molecule has 1 unspecified atom stereocenters. The van der Waals surface area contributed by atoms with Crippen LogP contribution in [0.1, 0.15) is 31.1 Å². The zero-order valence-electron chi connectivity index (χ0n) is 16.5. The third kappa shape index (κ3) is 8.40. The monoisotopic (exact) mass is 430 g/mol. The molecule has 0 aliphatic carbocycles. The van der Waals surface area contributed by atoms with E-state index in [2.05, 4.69) is 10.6 Å². The number of benzene rings is 2. The van der Waals surface area contributed by atoms with Crippen LogP contribution < -0.4 is 21.1 Å². The van der Waals surface area contributed by atoms with Crippen LogP contribution in [0.3, 0.4) is 0 Å². The van der Waals surface area contributed by atoms with Gasteiger partial charge in [0.1, 0.15) is 5.75 Å². The van der Waals surface area contributed by atoms with E-state index >= 15 is 0 Å². The van der Waals surface area contributed by atoms with Gasteiger partial charge in [-0.25, -0.2) is 9.59 Å². The molecular formula is C20H22N4O7. The van der Waals surface area contributed by atoms with Gasteiger partial charge >= 0.3 is 12.2 Å². The standard InChI is InChI=1S/C20H22N4O7/c21-19(26)22-13-5-4-8-17(25)23-18(14-6-2-1-3-7-14)31-20(27)30-16-11-9-15(10-12-16)24(28)29/h1-3,6-7,9-12,18H,4-5,8,13H2,(H,23,25)(H3,21,22,26). The lowest BCUT2D eigenvalue weighted by Crippen LogP contribution is -2.33. The summed E-state index contributed by atoms with van der Waals surface area (Å²) < 4.78 is 10.3. The summed E-state index contributed by atoms with van der Waals surface area (Å²) in [5, 5.41) is 15.7. The van der Waals surface area contributed by atoms with Crippen LogP contribution in [0.2, 0.25) is 0 Å². The first-order chi connectivity index (χ1) is 14.8. The van der Waals surface area contributed by atoms with E-state index in [0.29, 0.717) is 24.9 Å². The number of unbranched alkanes of at least 4 members (excludes halogenated alkanes) is 1. The first kappa shape index (κ1) is 23.1. The van der Waals surface area contributed by atoms with Crippen LogP contribution in [-0.2, 0) is 9.53 Å². The maximum Gasteiger partial charge on any atom is 0.516 e. The van der Waals surface area contributed by atoms with Crippen molar-refractivity contribution in [3.05, 3.63) is 70.3 Å². The number of nitro benzene ring substituents is 1. The highest BCUT2D eigenvalue weighted by Gasteiger charge is 2.20. The Kier molecular flexibility index (Phi) is 8.77. The van der Waals surface area contributed by atoms with Crippen LogP contribution >= 0.6 is 0 Å². The summed E-state index contributed by atoms with van der Waals surface area (Å²) >= 11 is 0. The third-order valence-electron chi connectivity index (χ3n) is 3.99. The smallest absolute Gasteiger partial charge is 0.406 e. The van der Waals surface area contributed by atoms with E-state index in [1.54, 1.807) is 30.3 Å². The minimum atomic E-state index is -1.09. The molecule has 0 fully saturated rings. The fraction of sp³-hybridized carbons (Fsp3) is 0.250. The molecule has 2 aromatic carbocycles. The number of hydrogen-bond acceptors (Lipinski definition) is 7. The fourth-order valence-electron chi connectivity index (χ4n) is 2.50. The van der Waals surface area contributed by atoms with Crippen molar-refractivity contribution in [2.75, 3.05) is 6.54 Å². The van der Waals surface area contributed by atoms with Gasteiger partial charge in [-0.1, -0.05) is 30.3 Å². The first-order valence-corrected chi connectivity index (χ1v) is 9.35. The van der Waals surface area contributed by atoms with Gasteiger partial charge in [0, 0.05) is 30.7 Å². The Labute approximate surface area is 177 Å². The number of amides is 3. The Morgan fingerprint density at radius 3 is 2.32 bits per heavy atom. The maximum atomic E-state index is 12.2. The van der Waals surface area contributed by atoms with Crippen molar-refractivity contribution in [2.45, 2.75) is 25.5 Å². The van der Waals surface area contributed by atoms with E-state index in [1.165, 1.54) is 24.3 Å². The highest BCUT2D eigenvalue weighted by atomic mass is 16.7. The number of ether oxygens (including phenoxy) is 2. The van der Waals surface area contributed by atoms with Crippen LogP contribution in [0.5, 0.6) is 5.75 Å². The van der Waals surface area contributed by atoms with E-state index in [1.807, 2.05) is 0 Å². The minimum Gasteiger partial charge on any atom is -0.406 e. The Hall–Kier alpha value is -4.15. The molecule has 0 aromatic heterocycles. The summed E-state index contributed by atoms with van der Waals surface area (Å²) in [6.07, 6.45) is -1.00. The summed E-state index contributed by atoms with van der Waals surface area (Å²) in [5.74, 6) is -0.313. The summed E-state index contributed by atoms with van der Waals surface area (Å²) in [7, 11) is 0. The van der Waals surface area contributed by atoms with Gasteiger partial charge in [-0.15, -0.1) is 0 Å². The second kappa shape index (κ2) is 11.8. The van der Waals surface area contributed by atoms with Gasteiger partial charge in [-0.3, -0.25) is 14.9 Å². The second-order valence-electron chi connectivity index (χ2n) is 6.33. The van der Waals surface area contributed by atoms with E-state index in [9.17, 15) is 24.5 Å². The average Bonchev–Trinajstić information content (AvgIpc) is 2.73. The molecule has 0 aliphatic heterocycles. The molecule has 3 amide bonds. The number of urea groups is 1. The van der Waals surface area contributed by atoms with E-state index in [4.69, 9.17) is 15.2 Å². The fourth-order valence-corrected chi connectivity index (χ4v) is 2.50. The molecule has 0 aliphatic rings. The van der Waals surface area contributed by atoms with E-state index in [-0.39, 0.29) is 23.8 Å². The number of rotatable bonds is 10. The number of carbonyl (C=O) groups excluding carboxylic acids is 3. The first-order valence-electron chi connectivity index (χ1n) is 9.35. The lowest BCUT2D eigenvalue weighted by atomic mass is 10.2. The second-order valence-corrected chi connectivity index (χ2v) is 6.33. The van der Waals surface area contributed by atoms with Crippen molar-refractivity contribution in [1.29, 1.82) is 0 Å². The number of hydrogen-bond donors (Lipinski definition) is 3. The van der Waals surface area contributed by atoms with Gasteiger partial charge < -0.3 is 25.8 Å². The van der Waals surface area contributed by atoms with Crippen molar-refractivity contribution in [2.24, 2.45) is 5.73 Å². The highest BCUT2D eigenvalue weighted by molar-refractivity contribution is 5.76. The zero-order chi connectivity index (χ0) is 22.6. The van der Waals surface area contributed by atoms with E-state index < -0.39 is 23.3 Å². The average molecular weight is 430 g/mol. The SMILES string of the molecule is NC(=O)NCCCCC(=O)NC(OC(=O)Oc1ccc([N+](=O)[O-])cc1)c1ccccc1. The lowest BCUT2D eigenvalue weighted by molar-refractivity contribution is -0.384. The van der Waals surface area contributed by atoms with Gasteiger partial charge in [0.2, 0.25) is 12.1 Å². The van der Waals surface area contributed by atoms with Crippen molar-refractivity contribution in [1.82, 2.24) is 10.6 Å². The summed E-state index contributed by atoms with van der Waals surface area (Å²) in [4.78, 5) is 45.2. The molecule has 2 aromatic rings. The maximum absolute atomic E-state index is 12.2. The largest absolute Gasteiger partial charge is 0.516 e. The third-order valence-corrected chi connectivity index (χ3v) is 3.99. The Morgan fingerprint density at radius 1 is 1.03 bits per heavy atom. The van der Waals surface area contributed by atoms with E-state index in [0.717, 1.165) is 0 Å². The molecule has 0 saturated carbocycles. The molecule has 0 heterocycles. The van der Waals surface area contributed by atoms with Crippen LogP contribution in [0.25, 0.3) is 0 Å². The van der Waals surface area contributed by atoms with Gasteiger partial charge in [-0.05, 0) is 25.0 Å². The van der Waals surface area contributed by atoms with Crippen molar-refractivity contribution < 1.29 is 28.8 Å². The van der Waals surface area contributed by atoms with Crippen molar-refractivity contribution in [3.63, 3.8) is 0 Å². The van der Waals surface area contributed by atoms with Gasteiger partial charge in [-0.2, -0.15) is 0 Å². The molecule has 0 spiro atoms. The Balaban J connectivity index is 1.93. The highest BCUT2D eigenvalue weighted by Crippen LogP contribution is 2.20. The zero-order valence-corrected chi connectivity index (χ0v) is 16.5. The Morgan fingerprint density at radius 2 is 1.71 bits per heavy atom. The van der Waals surface area contributed by atoms with Crippen LogP contribution in [0, 0.1) is 10.1 Å². The number of nitrogens with two attached hydrogens (primary N) is 1. The number of nitro groups is 1. The molecule has 0 bridgehead atoms. The number of nitrogens with zero attached hydrogens (tertiary/aromatic N) is 1. The topological polar surface area (TPSA) is 163 Å². The molecule has 31 heavy (non-hydrogen) atoms. The number of carbonyl (C=O) groups is 3. The molecule has 4 N–H and O–H groups in total. The molecule has 2 rings (SSSR count). The van der Waals surface area contributed by atoms with Crippen LogP contribution in [0.15, 0.2) is 54.6 Å². The molecule has 164 valence electrons. The molecule has 11 heteroatoms. The van der Waals surface area contributed by atoms with Crippen molar-refractivity contribution >= 4 is 23.8 Å². The predicted molar refractivity (Wildman–Crippen MR) is 109 cm³/mol. The summed E-state index contributed by atoms with van der Waals surface area (Å²) in [5.41, 5.74) is 5.34. The Bertz CT molecular complexity index is 904. The molecule has 0 radical (unpaired) electrons. The molecule has 1 atom stereocenters. The van der Waals surface area contributed by atoms with Crippen LogP contribution in [-0.4, -0.2) is 29.6 Å². The number of primary amides is 1. The van der Waals surface area contributed by atoms with Crippen molar-refractivity contribution in [3.8, 4) is 5.75 Å². The number of non-ortho nitro benzene ring substituents is 1. The lowest BCUT2D eigenvalue weighted by Gasteiger charge is -2.19. The molecule has 0 saturated heterocycles. The quantitative estimate of drug-likeness (QED) is 0.130. The normalized spacial score (nSPS) is 11.1. The van der Waals surface area contributed by atoms with Crippen LogP contribution in [0.4, 0.5) is 15.3 Å². The predicted octanol–water partition coefficient (Wildman–Crippen LogP) is 2.76. The summed E-state index contributed by atoms with van der Waals surface area (Å²) in [6.45, 7) is 0.350. The van der Waals surface area contributed by atoms with Gasteiger partial charge in [0.05, 0.1) is 4.92 Å². The van der Waals surface area contributed by atoms with Gasteiger partial charge in [0.25, 0.3) is 5.69 Å². The molecule has 11 nitrogen and oxygen atoms in total. The number of nitrogens with one attached hydrogen (secondary N) is 2. The summed E-state index contributed by atoms with van der Waals surface area (Å²) in [6, 6.07) is 12.8.